The van der Waals surface area contributed by atoms with Crippen LogP contribution in [0.1, 0.15) is 5.56 Å². The van der Waals surface area contributed by atoms with Crippen molar-refractivity contribution in [1.82, 2.24) is 0 Å². The van der Waals surface area contributed by atoms with Crippen LogP contribution in [0.5, 0.6) is 0 Å². The number of nitrogens with zero attached hydrogens (tertiary/aromatic N) is 1. The summed E-state index contributed by atoms with van der Waals surface area (Å²) < 4.78 is 30.5. The summed E-state index contributed by atoms with van der Waals surface area (Å²) >= 11 is 0. The van der Waals surface area contributed by atoms with E-state index in [1.54, 1.807) is 6.21 Å². The molecule has 19 heavy (non-hydrogen) atoms. The van der Waals surface area contributed by atoms with Gasteiger partial charge < -0.3 is 0 Å². The van der Waals surface area contributed by atoms with Gasteiger partial charge in [0.05, 0.1) is 10.6 Å². The molecule has 0 atom stereocenters. The van der Waals surface area contributed by atoms with Gasteiger partial charge in [-0.1, -0.05) is 30.3 Å². The summed E-state index contributed by atoms with van der Waals surface area (Å²) in [4.78, 5) is 4.06. The molecule has 0 radical (unpaired) electrons. The molecule has 2 rings (SSSR count). The molecule has 0 aliphatic heterocycles. The Labute approximate surface area is 134 Å². The van der Waals surface area contributed by atoms with Gasteiger partial charge in [0.15, 0.2) is 0 Å². The van der Waals surface area contributed by atoms with E-state index in [1.807, 2.05) is 30.3 Å². The van der Waals surface area contributed by atoms with Gasteiger partial charge in [-0.2, -0.15) is 8.42 Å². The number of rotatable bonds is 3. The second-order valence-corrected chi connectivity index (χ2v) is 5.06. The van der Waals surface area contributed by atoms with Crippen molar-refractivity contribution in [2.45, 2.75) is 4.90 Å². The minimum absolute atomic E-state index is 0. The summed E-state index contributed by atoms with van der Waals surface area (Å²) in [6.45, 7) is 0. The van der Waals surface area contributed by atoms with Crippen LogP contribution < -0.4 is 0 Å². The predicted molar refractivity (Wildman–Crippen MR) is 77.1 cm³/mol. The SMILES string of the molecule is O=S(=O)(O)c1ccc(N=Cc2ccccc2)cc1.[NaH]. The van der Waals surface area contributed by atoms with Gasteiger partial charge in [-0.05, 0) is 29.8 Å². The number of benzene rings is 2. The molecule has 0 aliphatic carbocycles. The predicted octanol–water partition coefficient (Wildman–Crippen LogP) is 2.04. The molecule has 6 heteroatoms. The quantitative estimate of drug-likeness (QED) is 0.533. The summed E-state index contributed by atoms with van der Waals surface area (Å²) in [5.41, 5.74) is 1.57. The Morgan fingerprint density at radius 2 is 1.53 bits per heavy atom. The van der Waals surface area contributed by atoms with E-state index in [0.717, 1.165) is 5.56 Å². The summed E-state index contributed by atoms with van der Waals surface area (Å²) in [6, 6.07) is 15.2. The van der Waals surface area contributed by atoms with Gasteiger partial charge in [0.2, 0.25) is 0 Å². The van der Waals surface area contributed by atoms with E-state index >= 15 is 0 Å². The minimum atomic E-state index is -4.14. The first-order valence-electron chi connectivity index (χ1n) is 5.22. The average molecular weight is 285 g/mol. The Kier molecular flexibility index (Phi) is 5.90. The fourth-order valence-electron chi connectivity index (χ4n) is 1.39. The van der Waals surface area contributed by atoms with Gasteiger partial charge in [0, 0.05) is 6.21 Å². The molecule has 0 aliphatic rings. The molecular weight excluding hydrogens is 273 g/mol. The third kappa shape index (κ3) is 4.89. The Bertz CT molecular complexity index is 652. The molecule has 0 saturated heterocycles. The second-order valence-electron chi connectivity index (χ2n) is 3.64. The number of hydrogen-bond donors (Lipinski definition) is 1. The molecule has 0 saturated carbocycles. The molecule has 4 nitrogen and oxygen atoms in total. The topological polar surface area (TPSA) is 66.7 Å². The fraction of sp³-hybridized carbons (Fsp3) is 0. The first-order chi connectivity index (χ1) is 8.55. The molecule has 0 heterocycles. The van der Waals surface area contributed by atoms with E-state index in [0.29, 0.717) is 5.69 Å². The van der Waals surface area contributed by atoms with Crippen LogP contribution in [-0.2, 0) is 10.1 Å². The summed E-state index contributed by atoms with van der Waals surface area (Å²) in [5.74, 6) is 0. The zero-order valence-corrected chi connectivity index (χ0v) is 10.2. The van der Waals surface area contributed by atoms with E-state index in [9.17, 15) is 8.42 Å². The van der Waals surface area contributed by atoms with Crippen molar-refractivity contribution in [2.75, 3.05) is 0 Å². The van der Waals surface area contributed by atoms with Crippen LogP contribution in [0.3, 0.4) is 0 Å². The fourth-order valence-corrected chi connectivity index (χ4v) is 1.87. The van der Waals surface area contributed by atoms with Crippen molar-refractivity contribution in [3.05, 3.63) is 60.2 Å². The standard InChI is InChI=1S/C13H11NO3S.Na.H/c15-18(16,17)13-8-6-12(7-9-13)14-10-11-4-2-1-3-5-11;;/h1-10H,(H,15,16,17);;. The Balaban J connectivity index is 0.00000180. The zero-order chi connectivity index (χ0) is 13.0. The van der Waals surface area contributed by atoms with Crippen LogP contribution in [0.2, 0.25) is 0 Å². The van der Waals surface area contributed by atoms with Crippen LogP contribution in [0.15, 0.2) is 64.5 Å². The maximum atomic E-state index is 10.8. The molecule has 0 bridgehead atoms. The van der Waals surface area contributed by atoms with E-state index in [4.69, 9.17) is 4.55 Å². The number of hydrogen-bond acceptors (Lipinski definition) is 3. The summed E-state index contributed by atoms with van der Waals surface area (Å²) in [7, 11) is -4.14. The van der Waals surface area contributed by atoms with Gasteiger partial charge in [-0.3, -0.25) is 9.55 Å². The summed E-state index contributed by atoms with van der Waals surface area (Å²) in [6.07, 6.45) is 1.68. The molecule has 1 N–H and O–H groups in total. The summed E-state index contributed by atoms with van der Waals surface area (Å²) in [5, 5.41) is 0. The molecule has 94 valence electrons. The molecule has 2 aromatic rings. The van der Waals surface area contributed by atoms with Gasteiger partial charge in [0.25, 0.3) is 10.1 Å². The number of aliphatic imine (C=N–C) groups is 1. The molecular formula is C13H12NNaO3S. The van der Waals surface area contributed by atoms with Crippen molar-refractivity contribution in [1.29, 1.82) is 0 Å². The van der Waals surface area contributed by atoms with Crippen LogP contribution >= 0.6 is 0 Å². The first-order valence-corrected chi connectivity index (χ1v) is 6.66. The van der Waals surface area contributed by atoms with E-state index in [1.165, 1.54) is 24.3 Å². The molecule has 0 unspecified atom stereocenters. The molecule has 0 amide bonds. The molecule has 0 spiro atoms. The zero-order valence-electron chi connectivity index (χ0n) is 9.39. The normalized spacial score (nSPS) is 11.2. The molecule has 0 aromatic heterocycles. The Hall–Kier alpha value is -0.980. The van der Waals surface area contributed by atoms with Gasteiger partial charge in [-0.15, -0.1) is 0 Å². The van der Waals surface area contributed by atoms with Crippen molar-refractivity contribution in [3.8, 4) is 0 Å². The van der Waals surface area contributed by atoms with E-state index in [2.05, 4.69) is 4.99 Å². The maximum absolute atomic E-state index is 10.8. The van der Waals surface area contributed by atoms with Crippen LogP contribution in [0.4, 0.5) is 5.69 Å². The van der Waals surface area contributed by atoms with E-state index < -0.39 is 10.1 Å². The van der Waals surface area contributed by atoms with Crippen molar-refractivity contribution >= 4 is 51.6 Å². The first kappa shape index (κ1) is 16.1. The van der Waals surface area contributed by atoms with Gasteiger partial charge in [0.1, 0.15) is 0 Å². The monoisotopic (exact) mass is 285 g/mol. The van der Waals surface area contributed by atoms with E-state index in [-0.39, 0.29) is 34.5 Å². The third-order valence-electron chi connectivity index (χ3n) is 2.30. The molecule has 2 aromatic carbocycles. The van der Waals surface area contributed by atoms with Crippen LogP contribution in [0, 0.1) is 0 Å². The second kappa shape index (κ2) is 6.98. The Morgan fingerprint density at radius 1 is 0.947 bits per heavy atom. The third-order valence-corrected chi connectivity index (χ3v) is 3.16. The van der Waals surface area contributed by atoms with Gasteiger partial charge in [-0.25, -0.2) is 0 Å². The Morgan fingerprint density at radius 3 is 2.05 bits per heavy atom. The van der Waals surface area contributed by atoms with Crippen molar-refractivity contribution in [2.24, 2.45) is 4.99 Å². The molecule has 0 fully saturated rings. The van der Waals surface area contributed by atoms with Gasteiger partial charge >= 0.3 is 29.6 Å². The van der Waals surface area contributed by atoms with Crippen LogP contribution in [-0.4, -0.2) is 48.7 Å². The average Bonchev–Trinajstić information content (AvgIpc) is 2.37. The van der Waals surface area contributed by atoms with Crippen molar-refractivity contribution in [3.63, 3.8) is 0 Å². The van der Waals surface area contributed by atoms with Crippen molar-refractivity contribution < 1.29 is 13.0 Å². The van der Waals surface area contributed by atoms with Crippen LogP contribution in [0.25, 0.3) is 0 Å².